The monoisotopic (exact) mass is 137 g/mol. The van der Waals surface area contributed by atoms with Crippen molar-refractivity contribution in [3.8, 4) is 0 Å². The van der Waals surface area contributed by atoms with Crippen LogP contribution in [-0.2, 0) is 0 Å². The molecule has 1 saturated heterocycles. The van der Waals surface area contributed by atoms with Crippen LogP contribution in [0.5, 0.6) is 0 Å². The maximum Gasteiger partial charge on any atom is 1.00 e. The normalized spacial score (nSPS) is 28.0. The molecule has 1 aliphatic heterocycles. The largest absolute Gasteiger partial charge is 1.00 e. The quantitative estimate of drug-likeness (QED) is 0.348. The number of likely N-dealkylation sites (tertiary alicyclic amines) is 1. The molecule has 1 aliphatic rings. The molecule has 9 heavy (non-hydrogen) atoms. The molecule has 1 unspecified atom stereocenters. The van der Waals surface area contributed by atoms with Crippen LogP contribution in [0.25, 0.3) is 0 Å². The standard InChI is InChI=1S/C6H12NO.Na/c1-7-3-2-6(4-7)5-8;/h6H,2-5H2,1H3;/q-1;+1. The van der Waals surface area contributed by atoms with E-state index < -0.39 is 0 Å². The third-order valence-electron chi connectivity index (χ3n) is 1.72. The Morgan fingerprint density at radius 2 is 2.33 bits per heavy atom. The Balaban J connectivity index is 0.000000640. The average Bonchev–Trinajstić information content (AvgIpc) is 2.14. The Morgan fingerprint density at radius 1 is 1.67 bits per heavy atom. The molecule has 0 aliphatic carbocycles. The fourth-order valence-electron chi connectivity index (χ4n) is 1.16. The van der Waals surface area contributed by atoms with E-state index >= 15 is 0 Å². The van der Waals surface area contributed by atoms with E-state index in [0.717, 1.165) is 19.5 Å². The van der Waals surface area contributed by atoms with Gasteiger partial charge in [0, 0.05) is 0 Å². The molecule has 3 heteroatoms. The van der Waals surface area contributed by atoms with Gasteiger partial charge >= 0.3 is 29.6 Å². The van der Waals surface area contributed by atoms with E-state index in [2.05, 4.69) is 11.9 Å². The minimum absolute atomic E-state index is 0. The van der Waals surface area contributed by atoms with E-state index in [9.17, 15) is 5.11 Å². The second kappa shape index (κ2) is 4.69. The molecule has 2 nitrogen and oxygen atoms in total. The summed E-state index contributed by atoms with van der Waals surface area (Å²) in [6, 6.07) is 0. The fraction of sp³-hybridized carbons (Fsp3) is 1.00. The predicted octanol–water partition coefficient (Wildman–Crippen LogP) is -3.70. The zero-order valence-corrected chi connectivity index (χ0v) is 8.26. The SMILES string of the molecule is CN1CCC(C[O-])C1.[Na+]. The summed E-state index contributed by atoms with van der Waals surface area (Å²) in [5.74, 6) is 0.444. The first-order valence-electron chi connectivity index (χ1n) is 3.09. The van der Waals surface area contributed by atoms with E-state index in [0.29, 0.717) is 5.92 Å². The molecule has 1 rings (SSSR count). The Labute approximate surface area is 78.5 Å². The Hall–Kier alpha value is 0.920. The summed E-state index contributed by atoms with van der Waals surface area (Å²) < 4.78 is 0. The zero-order valence-electron chi connectivity index (χ0n) is 6.26. The van der Waals surface area contributed by atoms with Gasteiger partial charge in [0.2, 0.25) is 0 Å². The van der Waals surface area contributed by atoms with Crippen LogP contribution in [0.1, 0.15) is 6.42 Å². The first kappa shape index (κ1) is 9.92. The molecular weight excluding hydrogens is 125 g/mol. The molecule has 0 spiro atoms. The summed E-state index contributed by atoms with van der Waals surface area (Å²) in [6.45, 7) is 2.25. The van der Waals surface area contributed by atoms with Gasteiger partial charge in [-0.2, -0.15) is 0 Å². The molecule has 0 amide bonds. The molecule has 1 fully saturated rings. The number of rotatable bonds is 1. The third-order valence-corrected chi connectivity index (χ3v) is 1.72. The topological polar surface area (TPSA) is 26.3 Å². The number of hydrogen-bond donors (Lipinski definition) is 0. The van der Waals surface area contributed by atoms with Crippen molar-refractivity contribution in [2.75, 3.05) is 26.7 Å². The maximum absolute atomic E-state index is 10.3. The molecule has 1 atom stereocenters. The van der Waals surface area contributed by atoms with Gasteiger partial charge in [0.1, 0.15) is 0 Å². The van der Waals surface area contributed by atoms with Crippen LogP contribution in [0.4, 0.5) is 0 Å². The van der Waals surface area contributed by atoms with Crippen molar-refractivity contribution in [1.29, 1.82) is 0 Å². The number of hydrogen-bond acceptors (Lipinski definition) is 2. The van der Waals surface area contributed by atoms with Crippen molar-refractivity contribution in [3.63, 3.8) is 0 Å². The predicted molar refractivity (Wildman–Crippen MR) is 30.5 cm³/mol. The molecule has 0 N–H and O–H groups in total. The molecule has 0 aromatic rings. The minimum Gasteiger partial charge on any atom is -0.854 e. The summed E-state index contributed by atoms with van der Waals surface area (Å²) in [5.41, 5.74) is 0. The van der Waals surface area contributed by atoms with Crippen molar-refractivity contribution < 1.29 is 34.7 Å². The van der Waals surface area contributed by atoms with Crippen molar-refractivity contribution in [3.05, 3.63) is 0 Å². The van der Waals surface area contributed by atoms with Crippen molar-refractivity contribution in [1.82, 2.24) is 4.90 Å². The third kappa shape index (κ3) is 3.01. The van der Waals surface area contributed by atoms with E-state index in [1.807, 2.05) is 0 Å². The van der Waals surface area contributed by atoms with Gasteiger partial charge in [0.25, 0.3) is 0 Å². The Bertz CT molecular complexity index is 79.5. The van der Waals surface area contributed by atoms with Gasteiger partial charge in [0.05, 0.1) is 0 Å². The molecule has 0 aromatic heterocycles. The van der Waals surface area contributed by atoms with Gasteiger partial charge in [-0.05, 0) is 32.5 Å². The number of nitrogens with zero attached hydrogens (tertiary/aromatic N) is 1. The van der Waals surface area contributed by atoms with Crippen LogP contribution in [0, 0.1) is 5.92 Å². The first-order chi connectivity index (χ1) is 3.83. The molecule has 0 radical (unpaired) electrons. The smallest absolute Gasteiger partial charge is 0.854 e. The van der Waals surface area contributed by atoms with Crippen molar-refractivity contribution in [2.45, 2.75) is 6.42 Å². The Kier molecular flexibility index (Phi) is 5.17. The second-order valence-electron chi connectivity index (χ2n) is 2.58. The van der Waals surface area contributed by atoms with Crippen LogP contribution in [0.2, 0.25) is 0 Å². The van der Waals surface area contributed by atoms with Crippen LogP contribution >= 0.6 is 0 Å². The van der Waals surface area contributed by atoms with Gasteiger partial charge in [-0.25, -0.2) is 0 Å². The second-order valence-corrected chi connectivity index (χ2v) is 2.58. The summed E-state index contributed by atoms with van der Waals surface area (Å²) in [7, 11) is 2.07. The first-order valence-corrected chi connectivity index (χ1v) is 3.09. The molecule has 0 saturated carbocycles. The van der Waals surface area contributed by atoms with Gasteiger partial charge in [-0.1, -0.05) is 0 Å². The molecule has 48 valence electrons. The van der Waals surface area contributed by atoms with E-state index in [4.69, 9.17) is 0 Å². The van der Waals surface area contributed by atoms with E-state index in [1.54, 1.807) is 0 Å². The molecular formula is C6H12NNaO. The maximum atomic E-state index is 10.3. The van der Waals surface area contributed by atoms with Crippen LogP contribution < -0.4 is 34.7 Å². The van der Waals surface area contributed by atoms with Gasteiger partial charge in [0.15, 0.2) is 0 Å². The zero-order chi connectivity index (χ0) is 5.98. The van der Waals surface area contributed by atoms with Gasteiger partial charge in [-0.3, -0.25) is 0 Å². The van der Waals surface area contributed by atoms with Crippen LogP contribution in [-0.4, -0.2) is 31.6 Å². The molecule has 0 bridgehead atoms. The van der Waals surface area contributed by atoms with Gasteiger partial charge < -0.3 is 10.0 Å². The molecule has 1 heterocycles. The Morgan fingerprint density at radius 3 is 2.56 bits per heavy atom. The minimum atomic E-state index is 0. The summed E-state index contributed by atoms with van der Waals surface area (Å²) in [6.07, 6.45) is 1.11. The van der Waals surface area contributed by atoms with E-state index in [-0.39, 0.29) is 36.2 Å². The molecule has 0 aromatic carbocycles. The van der Waals surface area contributed by atoms with Gasteiger partial charge in [-0.15, -0.1) is 6.61 Å². The summed E-state index contributed by atoms with van der Waals surface area (Å²) >= 11 is 0. The summed E-state index contributed by atoms with van der Waals surface area (Å²) in [4.78, 5) is 2.21. The van der Waals surface area contributed by atoms with Crippen molar-refractivity contribution >= 4 is 0 Å². The van der Waals surface area contributed by atoms with Crippen molar-refractivity contribution in [2.24, 2.45) is 5.92 Å². The fourth-order valence-corrected chi connectivity index (χ4v) is 1.16. The van der Waals surface area contributed by atoms with E-state index in [1.165, 1.54) is 0 Å². The van der Waals surface area contributed by atoms with Crippen LogP contribution in [0.15, 0.2) is 0 Å². The van der Waals surface area contributed by atoms with Crippen LogP contribution in [0.3, 0.4) is 0 Å². The average molecular weight is 137 g/mol. The summed E-state index contributed by atoms with van der Waals surface area (Å²) in [5, 5.41) is 10.3.